The summed E-state index contributed by atoms with van der Waals surface area (Å²) in [6.07, 6.45) is 4.37. The van der Waals surface area contributed by atoms with E-state index in [-0.39, 0.29) is 23.8 Å². The van der Waals surface area contributed by atoms with Gasteiger partial charge in [-0.1, -0.05) is 24.6 Å². The lowest BCUT2D eigenvalue weighted by Crippen LogP contribution is -2.44. The Morgan fingerprint density at radius 2 is 1.82 bits per heavy atom. The average Bonchev–Trinajstić information content (AvgIpc) is 3.27. The van der Waals surface area contributed by atoms with E-state index in [0.717, 1.165) is 56.6 Å². The molecule has 0 atom stereocenters. The fourth-order valence-corrected chi connectivity index (χ4v) is 4.77. The van der Waals surface area contributed by atoms with Crippen molar-refractivity contribution in [2.75, 3.05) is 36.4 Å². The highest BCUT2D eigenvalue weighted by molar-refractivity contribution is 6.09. The lowest BCUT2D eigenvalue weighted by atomic mass is 10.0. The molecule has 0 aromatic heterocycles. The first-order valence-corrected chi connectivity index (χ1v) is 12.3. The molecule has 3 amide bonds. The van der Waals surface area contributed by atoms with Gasteiger partial charge in [0, 0.05) is 43.3 Å². The summed E-state index contributed by atoms with van der Waals surface area (Å²) in [5.74, 6) is -0.390. The molecule has 2 aromatic carbocycles. The van der Waals surface area contributed by atoms with Gasteiger partial charge >= 0.3 is 0 Å². The lowest BCUT2D eigenvalue weighted by molar-refractivity contribution is -0.117. The molecule has 180 valence electrons. The van der Waals surface area contributed by atoms with E-state index in [1.165, 1.54) is 0 Å². The smallest absolute Gasteiger partial charge is 0.255 e. The molecular formula is C27H34N4O3. The third-order valence-electron chi connectivity index (χ3n) is 6.62. The zero-order chi connectivity index (χ0) is 24.1. The second kappa shape index (κ2) is 10.8. The third kappa shape index (κ3) is 5.65. The zero-order valence-corrected chi connectivity index (χ0v) is 20.1. The number of nitrogens with zero attached hydrogens (tertiary/aromatic N) is 2. The van der Waals surface area contributed by atoms with Gasteiger partial charge in [0.05, 0.1) is 11.3 Å². The fraction of sp³-hybridized carbons (Fsp3) is 0.444. The van der Waals surface area contributed by atoms with Gasteiger partial charge in [0.1, 0.15) is 0 Å². The van der Waals surface area contributed by atoms with Crippen molar-refractivity contribution in [3.8, 4) is 0 Å². The molecule has 0 aliphatic carbocycles. The van der Waals surface area contributed by atoms with Crippen molar-refractivity contribution in [2.24, 2.45) is 0 Å². The van der Waals surface area contributed by atoms with Gasteiger partial charge in [0.2, 0.25) is 5.91 Å². The first kappa shape index (κ1) is 24.0. The number of carbonyl (C=O) groups is 3. The molecule has 7 heteroatoms. The predicted molar refractivity (Wildman–Crippen MR) is 134 cm³/mol. The van der Waals surface area contributed by atoms with Gasteiger partial charge in [-0.3, -0.25) is 14.4 Å². The van der Waals surface area contributed by atoms with E-state index in [0.29, 0.717) is 29.8 Å². The van der Waals surface area contributed by atoms with Crippen LogP contribution in [-0.2, 0) is 4.79 Å². The van der Waals surface area contributed by atoms with Gasteiger partial charge in [-0.25, -0.2) is 0 Å². The number of carbonyl (C=O) groups excluding carboxylic acids is 3. The van der Waals surface area contributed by atoms with Crippen molar-refractivity contribution in [3.63, 3.8) is 0 Å². The Bertz CT molecular complexity index is 1060. The molecule has 2 aliphatic rings. The van der Waals surface area contributed by atoms with Crippen LogP contribution in [0.1, 0.15) is 65.3 Å². The Kier molecular flexibility index (Phi) is 7.63. The Balaban J connectivity index is 1.45. The van der Waals surface area contributed by atoms with Crippen LogP contribution < -0.4 is 15.5 Å². The summed E-state index contributed by atoms with van der Waals surface area (Å²) in [4.78, 5) is 42.5. The number of amides is 3. The monoisotopic (exact) mass is 462 g/mol. The molecule has 2 fully saturated rings. The summed E-state index contributed by atoms with van der Waals surface area (Å²) < 4.78 is 0. The van der Waals surface area contributed by atoms with E-state index in [1.807, 2.05) is 25.1 Å². The molecule has 2 aliphatic heterocycles. The average molecular weight is 463 g/mol. The van der Waals surface area contributed by atoms with Crippen LogP contribution in [0.2, 0.25) is 0 Å². The van der Waals surface area contributed by atoms with Crippen molar-refractivity contribution in [3.05, 3.63) is 59.2 Å². The van der Waals surface area contributed by atoms with Crippen molar-refractivity contribution >= 4 is 29.1 Å². The summed E-state index contributed by atoms with van der Waals surface area (Å²) in [6.45, 7) is 7.87. The molecule has 7 nitrogen and oxygen atoms in total. The Hall–Kier alpha value is -3.19. The zero-order valence-electron chi connectivity index (χ0n) is 20.1. The molecule has 2 heterocycles. The fourth-order valence-electron chi connectivity index (χ4n) is 4.77. The number of hydrogen-bond donors (Lipinski definition) is 2. The van der Waals surface area contributed by atoms with Gasteiger partial charge in [-0.2, -0.15) is 0 Å². The third-order valence-corrected chi connectivity index (χ3v) is 6.62. The maximum atomic E-state index is 13.2. The Labute approximate surface area is 201 Å². The molecule has 0 unspecified atom stereocenters. The summed E-state index contributed by atoms with van der Waals surface area (Å²) in [7, 11) is 0. The standard InChI is InChI=1S/C27H34N4O3/c1-3-13-30-15-11-21(12-16-30)28-27(34)23-17-19(2)9-10-24(23)29-26(33)20-6-4-7-22(18-20)31-14-5-8-25(31)32/h4,6-7,9-10,17-18,21H,3,5,8,11-16H2,1-2H3,(H,28,34)(H,29,33). The van der Waals surface area contributed by atoms with Crippen LogP contribution in [0.3, 0.4) is 0 Å². The van der Waals surface area contributed by atoms with Crippen LogP contribution in [-0.4, -0.2) is 54.8 Å². The van der Waals surface area contributed by atoms with Gasteiger partial charge in [0.25, 0.3) is 11.8 Å². The quantitative estimate of drug-likeness (QED) is 0.652. The number of nitrogens with one attached hydrogen (secondary N) is 2. The molecule has 0 saturated carbocycles. The number of anilines is 2. The molecule has 2 N–H and O–H groups in total. The molecule has 0 bridgehead atoms. The summed E-state index contributed by atoms with van der Waals surface area (Å²) in [6, 6.07) is 12.7. The predicted octanol–water partition coefficient (Wildman–Crippen LogP) is 3.98. The maximum Gasteiger partial charge on any atom is 0.255 e. The summed E-state index contributed by atoms with van der Waals surface area (Å²) >= 11 is 0. The lowest BCUT2D eigenvalue weighted by Gasteiger charge is -2.32. The first-order chi connectivity index (χ1) is 16.4. The summed E-state index contributed by atoms with van der Waals surface area (Å²) in [5, 5.41) is 6.08. The van der Waals surface area contributed by atoms with E-state index in [1.54, 1.807) is 29.2 Å². The minimum absolute atomic E-state index is 0.0792. The maximum absolute atomic E-state index is 13.2. The number of hydrogen-bond acceptors (Lipinski definition) is 4. The van der Waals surface area contributed by atoms with Crippen LogP contribution in [0.25, 0.3) is 0 Å². The van der Waals surface area contributed by atoms with E-state index < -0.39 is 0 Å². The molecule has 0 radical (unpaired) electrons. The topological polar surface area (TPSA) is 81.8 Å². The highest BCUT2D eigenvalue weighted by Gasteiger charge is 2.24. The number of aryl methyl sites for hydroxylation is 1. The van der Waals surface area contributed by atoms with Crippen LogP contribution in [0.15, 0.2) is 42.5 Å². The summed E-state index contributed by atoms with van der Waals surface area (Å²) in [5.41, 5.74) is 3.09. The van der Waals surface area contributed by atoms with Crippen LogP contribution in [0.4, 0.5) is 11.4 Å². The molecule has 2 aromatic rings. The van der Waals surface area contributed by atoms with Crippen LogP contribution in [0, 0.1) is 6.92 Å². The Morgan fingerprint density at radius 1 is 1.03 bits per heavy atom. The largest absolute Gasteiger partial charge is 0.349 e. The second-order valence-electron chi connectivity index (χ2n) is 9.29. The number of likely N-dealkylation sites (tertiary alicyclic amines) is 1. The van der Waals surface area contributed by atoms with Gasteiger partial charge < -0.3 is 20.4 Å². The number of piperidine rings is 1. The van der Waals surface area contributed by atoms with E-state index in [4.69, 9.17) is 0 Å². The highest BCUT2D eigenvalue weighted by Crippen LogP contribution is 2.24. The van der Waals surface area contributed by atoms with Gasteiger partial charge in [-0.05, 0) is 69.5 Å². The molecule has 0 spiro atoms. The normalized spacial score (nSPS) is 17.1. The molecule has 4 rings (SSSR count). The van der Waals surface area contributed by atoms with Crippen molar-refractivity contribution in [1.82, 2.24) is 10.2 Å². The van der Waals surface area contributed by atoms with Gasteiger partial charge in [0.15, 0.2) is 0 Å². The Morgan fingerprint density at radius 3 is 2.53 bits per heavy atom. The van der Waals surface area contributed by atoms with Crippen molar-refractivity contribution in [2.45, 2.75) is 52.0 Å². The minimum Gasteiger partial charge on any atom is -0.349 e. The molecule has 34 heavy (non-hydrogen) atoms. The minimum atomic E-state index is -0.306. The van der Waals surface area contributed by atoms with E-state index in [2.05, 4.69) is 22.5 Å². The molecule has 2 saturated heterocycles. The van der Waals surface area contributed by atoms with Gasteiger partial charge in [-0.15, -0.1) is 0 Å². The van der Waals surface area contributed by atoms with E-state index >= 15 is 0 Å². The van der Waals surface area contributed by atoms with Crippen LogP contribution in [0.5, 0.6) is 0 Å². The molecular weight excluding hydrogens is 428 g/mol. The second-order valence-corrected chi connectivity index (χ2v) is 9.29. The van der Waals surface area contributed by atoms with Crippen molar-refractivity contribution < 1.29 is 14.4 Å². The van der Waals surface area contributed by atoms with E-state index in [9.17, 15) is 14.4 Å². The number of rotatable bonds is 7. The SMILES string of the molecule is CCCN1CCC(NC(=O)c2cc(C)ccc2NC(=O)c2cccc(N3CCCC3=O)c2)CC1. The van der Waals surface area contributed by atoms with Crippen molar-refractivity contribution in [1.29, 1.82) is 0 Å². The first-order valence-electron chi connectivity index (χ1n) is 12.3. The highest BCUT2D eigenvalue weighted by atomic mass is 16.2. The van der Waals surface area contributed by atoms with Crippen LogP contribution >= 0.6 is 0 Å². The number of benzene rings is 2.